The Kier molecular flexibility index (Phi) is 4.32. The van der Waals surface area contributed by atoms with Crippen LogP contribution in [0.4, 0.5) is 0 Å². The van der Waals surface area contributed by atoms with Crippen LogP contribution in [-0.4, -0.2) is 17.8 Å². The lowest BCUT2D eigenvalue weighted by molar-refractivity contribution is 0.661. The number of aromatic nitrogens is 1. The van der Waals surface area contributed by atoms with Crippen molar-refractivity contribution in [2.75, 3.05) is 12.8 Å². The van der Waals surface area contributed by atoms with E-state index in [2.05, 4.69) is 71.8 Å². The topological polar surface area (TPSA) is 27.8 Å². The Labute approximate surface area is 130 Å². The number of aryl methyl sites for hydroxylation is 1. The van der Waals surface area contributed by atoms with Gasteiger partial charge in [-0.05, 0) is 31.7 Å². The van der Waals surface area contributed by atoms with Gasteiger partial charge in [0.15, 0.2) is 0 Å². The van der Waals surface area contributed by atoms with E-state index in [-0.39, 0.29) is 0 Å². The minimum absolute atomic E-state index is 0.363. The van der Waals surface area contributed by atoms with Crippen LogP contribution >= 0.6 is 11.8 Å². The molecule has 1 unspecified atom stereocenters. The van der Waals surface area contributed by atoms with Crippen molar-refractivity contribution in [1.82, 2.24) is 10.3 Å². The Balaban J connectivity index is 1.71. The lowest BCUT2D eigenvalue weighted by Crippen LogP contribution is -2.18. The van der Waals surface area contributed by atoms with Crippen molar-refractivity contribution < 1.29 is 0 Å². The quantitative estimate of drug-likeness (QED) is 0.677. The third-order valence-corrected chi connectivity index (χ3v) is 4.77. The van der Waals surface area contributed by atoms with E-state index in [4.69, 9.17) is 0 Å². The van der Waals surface area contributed by atoms with Gasteiger partial charge in [-0.2, -0.15) is 0 Å². The van der Waals surface area contributed by atoms with E-state index < -0.39 is 0 Å². The van der Waals surface area contributed by atoms with E-state index in [0.717, 1.165) is 5.75 Å². The van der Waals surface area contributed by atoms with E-state index in [0.29, 0.717) is 6.04 Å². The number of rotatable bonds is 5. The van der Waals surface area contributed by atoms with Crippen molar-refractivity contribution >= 4 is 22.7 Å². The van der Waals surface area contributed by atoms with E-state index in [1.54, 1.807) is 0 Å². The van der Waals surface area contributed by atoms with Gasteiger partial charge in [0.2, 0.25) is 0 Å². The molecule has 2 nitrogen and oxygen atoms in total. The molecule has 0 aliphatic heterocycles. The van der Waals surface area contributed by atoms with E-state index in [1.807, 2.05) is 18.8 Å². The second-order valence-electron chi connectivity index (χ2n) is 5.28. The first-order valence-electron chi connectivity index (χ1n) is 7.20. The molecule has 0 aliphatic carbocycles. The summed E-state index contributed by atoms with van der Waals surface area (Å²) in [7, 11) is 2.02. The highest BCUT2D eigenvalue weighted by molar-refractivity contribution is 7.99. The standard InChI is InChI=1S/C18H20N2S/c1-13-7-9-14(10-8-13)17(19-2)12-21-18-11-15-5-3-4-6-16(15)20-18/h3-11,17,19-20H,12H2,1-2H3. The van der Waals surface area contributed by atoms with Crippen LogP contribution in [0.1, 0.15) is 17.2 Å². The number of hydrogen-bond donors (Lipinski definition) is 2. The lowest BCUT2D eigenvalue weighted by Gasteiger charge is -2.16. The van der Waals surface area contributed by atoms with Crippen molar-refractivity contribution in [3.8, 4) is 0 Å². The van der Waals surface area contributed by atoms with Crippen LogP contribution in [-0.2, 0) is 0 Å². The second kappa shape index (κ2) is 6.37. The largest absolute Gasteiger partial charge is 0.350 e. The molecule has 0 fully saturated rings. The monoisotopic (exact) mass is 296 g/mol. The SMILES string of the molecule is CNC(CSc1cc2ccccc2[nH]1)c1ccc(C)cc1. The van der Waals surface area contributed by atoms with Crippen LogP contribution in [0.5, 0.6) is 0 Å². The molecule has 0 amide bonds. The highest BCUT2D eigenvalue weighted by Crippen LogP contribution is 2.27. The number of H-pyrrole nitrogens is 1. The van der Waals surface area contributed by atoms with Gasteiger partial charge in [-0.25, -0.2) is 0 Å². The maximum Gasteiger partial charge on any atom is 0.0733 e. The molecule has 2 N–H and O–H groups in total. The van der Waals surface area contributed by atoms with E-state index >= 15 is 0 Å². The Bertz CT molecular complexity index is 682. The maximum absolute atomic E-state index is 3.47. The Morgan fingerprint density at radius 2 is 1.86 bits per heavy atom. The molecule has 1 heterocycles. The molecule has 0 radical (unpaired) electrons. The highest BCUT2D eigenvalue weighted by Gasteiger charge is 2.10. The van der Waals surface area contributed by atoms with Crippen LogP contribution in [0.15, 0.2) is 59.6 Å². The molecular formula is C18H20N2S. The fourth-order valence-corrected chi connectivity index (χ4v) is 3.54. The molecule has 0 saturated carbocycles. The van der Waals surface area contributed by atoms with Crippen LogP contribution in [0.2, 0.25) is 0 Å². The lowest BCUT2D eigenvalue weighted by atomic mass is 10.1. The molecule has 1 atom stereocenters. The van der Waals surface area contributed by atoms with Crippen molar-refractivity contribution in [2.45, 2.75) is 18.0 Å². The minimum atomic E-state index is 0.363. The van der Waals surface area contributed by atoms with Gasteiger partial charge < -0.3 is 10.3 Å². The first kappa shape index (κ1) is 14.2. The molecule has 3 aromatic rings. The normalized spacial score (nSPS) is 12.7. The van der Waals surface area contributed by atoms with Crippen molar-refractivity contribution in [3.05, 3.63) is 65.7 Å². The zero-order chi connectivity index (χ0) is 14.7. The summed E-state index contributed by atoms with van der Waals surface area (Å²) in [5.41, 5.74) is 3.85. The highest BCUT2D eigenvalue weighted by atomic mass is 32.2. The summed E-state index contributed by atoms with van der Waals surface area (Å²) < 4.78 is 0. The third kappa shape index (κ3) is 3.31. The molecular weight excluding hydrogens is 276 g/mol. The first-order valence-corrected chi connectivity index (χ1v) is 8.19. The van der Waals surface area contributed by atoms with E-state index in [9.17, 15) is 0 Å². The molecule has 0 spiro atoms. The molecule has 3 heteroatoms. The zero-order valence-electron chi connectivity index (χ0n) is 12.4. The average molecular weight is 296 g/mol. The molecule has 2 aromatic carbocycles. The smallest absolute Gasteiger partial charge is 0.0733 e. The van der Waals surface area contributed by atoms with Gasteiger partial charge in [-0.1, -0.05) is 48.0 Å². The van der Waals surface area contributed by atoms with Gasteiger partial charge >= 0.3 is 0 Å². The summed E-state index contributed by atoms with van der Waals surface area (Å²) >= 11 is 1.86. The van der Waals surface area contributed by atoms with Crippen LogP contribution < -0.4 is 5.32 Å². The fraction of sp³-hybridized carbons (Fsp3) is 0.222. The number of fused-ring (bicyclic) bond motifs is 1. The van der Waals surface area contributed by atoms with Crippen LogP contribution in [0.25, 0.3) is 10.9 Å². The summed E-state index contributed by atoms with van der Waals surface area (Å²) in [5, 5.41) is 5.91. The molecule has 21 heavy (non-hydrogen) atoms. The molecule has 0 bridgehead atoms. The van der Waals surface area contributed by atoms with E-state index in [1.165, 1.54) is 27.1 Å². The van der Waals surface area contributed by atoms with Crippen molar-refractivity contribution in [2.24, 2.45) is 0 Å². The van der Waals surface area contributed by atoms with Crippen LogP contribution in [0, 0.1) is 6.92 Å². The molecule has 108 valence electrons. The molecule has 0 aliphatic rings. The predicted molar refractivity (Wildman–Crippen MR) is 92.0 cm³/mol. The van der Waals surface area contributed by atoms with Crippen LogP contribution in [0.3, 0.4) is 0 Å². The third-order valence-electron chi connectivity index (χ3n) is 3.74. The van der Waals surface area contributed by atoms with Gasteiger partial charge in [0.25, 0.3) is 0 Å². The van der Waals surface area contributed by atoms with Gasteiger partial charge in [0.05, 0.1) is 5.03 Å². The fourth-order valence-electron chi connectivity index (χ4n) is 2.44. The van der Waals surface area contributed by atoms with Crippen molar-refractivity contribution in [1.29, 1.82) is 0 Å². The molecule has 3 rings (SSSR count). The summed E-state index contributed by atoms with van der Waals surface area (Å²) in [6.07, 6.45) is 0. The maximum atomic E-state index is 3.47. The second-order valence-corrected chi connectivity index (χ2v) is 6.35. The Morgan fingerprint density at radius 1 is 1.10 bits per heavy atom. The number of hydrogen-bond acceptors (Lipinski definition) is 2. The average Bonchev–Trinajstić information content (AvgIpc) is 2.92. The number of thioether (sulfide) groups is 1. The number of para-hydroxylation sites is 1. The number of aromatic amines is 1. The Hall–Kier alpha value is -1.71. The number of benzene rings is 2. The van der Waals surface area contributed by atoms with Gasteiger partial charge in [0.1, 0.15) is 0 Å². The molecule has 0 saturated heterocycles. The molecule has 1 aromatic heterocycles. The summed E-state index contributed by atoms with van der Waals surface area (Å²) in [6, 6.07) is 19.8. The zero-order valence-corrected chi connectivity index (χ0v) is 13.2. The first-order chi connectivity index (χ1) is 10.3. The Morgan fingerprint density at radius 3 is 2.57 bits per heavy atom. The summed E-state index contributed by atoms with van der Waals surface area (Å²) in [4.78, 5) is 3.47. The van der Waals surface area contributed by atoms with Gasteiger partial charge in [0, 0.05) is 22.7 Å². The summed E-state index contributed by atoms with van der Waals surface area (Å²) in [6.45, 7) is 2.12. The minimum Gasteiger partial charge on any atom is -0.350 e. The van der Waals surface area contributed by atoms with Gasteiger partial charge in [-0.3, -0.25) is 0 Å². The summed E-state index contributed by atoms with van der Waals surface area (Å²) in [5.74, 6) is 1.01. The predicted octanol–water partition coefficient (Wildman–Crippen LogP) is 4.53. The van der Waals surface area contributed by atoms with Gasteiger partial charge in [-0.15, -0.1) is 11.8 Å². The number of nitrogens with one attached hydrogen (secondary N) is 2. The van der Waals surface area contributed by atoms with Crippen molar-refractivity contribution in [3.63, 3.8) is 0 Å².